The van der Waals surface area contributed by atoms with E-state index in [0.29, 0.717) is 13.2 Å². The highest BCUT2D eigenvalue weighted by molar-refractivity contribution is 5.76. The molecule has 17 heavy (non-hydrogen) atoms. The van der Waals surface area contributed by atoms with E-state index >= 15 is 0 Å². The Balaban J connectivity index is 4.00. The molecule has 0 bridgehead atoms. The number of esters is 1. The molecular formula is C12H26N2O3. The van der Waals surface area contributed by atoms with Crippen LogP contribution in [0, 0.1) is 0 Å². The third-order valence-corrected chi connectivity index (χ3v) is 2.40. The molecule has 0 rings (SSSR count). The zero-order valence-corrected chi connectivity index (χ0v) is 11.5. The van der Waals surface area contributed by atoms with Crippen molar-refractivity contribution in [3.63, 3.8) is 0 Å². The molecule has 0 aromatic rings. The normalized spacial score (nSPS) is 12.8. The van der Waals surface area contributed by atoms with Crippen LogP contribution in [0.1, 0.15) is 20.3 Å². The van der Waals surface area contributed by atoms with Gasteiger partial charge in [-0.05, 0) is 26.9 Å². The zero-order valence-electron chi connectivity index (χ0n) is 11.5. The van der Waals surface area contributed by atoms with Gasteiger partial charge in [-0.1, -0.05) is 6.92 Å². The summed E-state index contributed by atoms with van der Waals surface area (Å²) in [6.07, 6.45) is 0.967. The summed E-state index contributed by atoms with van der Waals surface area (Å²) in [5.41, 5.74) is 0. The molecule has 0 saturated heterocycles. The van der Waals surface area contributed by atoms with Crippen LogP contribution in [0.4, 0.5) is 0 Å². The topological polar surface area (TPSA) is 50.8 Å². The summed E-state index contributed by atoms with van der Waals surface area (Å²) < 4.78 is 10.0. The molecule has 102 valence electrons. The van der Waals surface area contributed by atoms with Crippen LogP contribution >= 0.6 is 0 Å². The van der Waals surface area contributed by atoms with E-state index in [0.717, 1.165) is 26.1 Å². The predicted molar refractivity (Wildman–Crippen MR) is 68.1 cm³/mol. The summed E-state index contributed by atoms with van der Waals surface area (Å²) >= 11 is 0. The molecule has 0 heterocycles. The molecule has 0 aromatic heterocycles. The van der Waals surface area contributed by atoms with Crippen molar-refractivity contribution in [2.75, 3.05) is 47.0 Å². The fourth-order valence-electron chi connectivity index (χ4n) is 1.59. The number of hydrogen-bond donors (Lipinski definition) is 1. The zero-order chi connectivity index (χ0) is 13.1. The van der Waals surface area contributed by atoms with E-state index < -0.39 is 0 Å². The summed E-state index contributed by atoms with van der Waals surface area (Å²) in [5.74, 6) is -0.173. The van der Waals surface area contributed by atoms with Crippen molar-refractivity contribution in [1.29, 1.82) is 0 Å². The number of carbonyl (C=O) groups excluding carboxylic acids is 1. The number of rotatable bonds is 10. The molecule has 0 fully saturated rings. The molecule has 0 aliphatic rings. The minimum absolute atomic E-state index is 0.173. The molecule has 5 heteroatoms. The molecule has 0 radical (unpaired) electrons. The molecule has 0 spiro atoms. The van der Waals surface area contributed by atoms with E-state index in [1.165, 1.54) is 0 Å². The quantitative estimate of drug-likeness (QED) is 0.449. The molecule has 5 nitrogen and oxygen atoms in total. The average Bonchev–Trinajstić information content (AvgIpc) is 2.29. The van der Waals surface area contributed by atoms with E-state index in [1.807, 2.05) is 20.9 Å². The molecule has 1 atom stereocenters. The lowest BCUT2D eigenvalue weighted by atomic mass is 10.2. The molecule has 1 N–H and O–H groups in total. The van der Waals surface area contributed by atoms with Crippen molar-refractivity contribution in [3.8, 4) is 0 Å². The number of ether oxygens (including phenoxy) is 2. The van der Waals surface area contributed by atoms with E-state index in [1.54, 1.807) is 7.11 Å². The van der Waals surface area contributed by atoms with Crippen molar-refractivity contribution < 1.29 is 14.3 Å². The summed E-state index contributed by atoms with van der Waals surface area (Å²) in [6, 6.07) is -0.243. The highest BCUT2D eigenvalue weighted by Gasteiger charge is 2.19. The van der Waals surface area contributed by atoms with Crippen molar-refractivity contribution in [2.24, 2.45) is 0 Å². The van der Waals surface area contributed by atoms with Crippen molar-refractivity contribution >= 4 is 5.97 Å². The fourth-order valence-corrected chi connectivity index (χ4v) is 1.59. The van der Waals surface area contributed by atoms with Crippen LogP contribution in [-0.2, 0) is 14.3 Å². The number of methoxy groups -OCH3 is 1. The van der Waals surface area contributed by atoms with Gasteiger partial charge in [-0.2, -0.15) is 0 Å². The van der Waals surface area contributed by atoms with Gasteiger partial charge in [-0.25, -0.2) is 0 Å². The summed E-state index contributed by atoms with van der Waals surface area (Å²) in [4.78, 5) is 13.8. The van der Waals surface area contributed by atoms with Gasteiger partial charge in [-0.3, -0.25) is 4.79 Å². The first kappa shape index (κ1) is 16.4. The second kappa shape index (κ2) is 10.5. The molecule has 0 aliphatic carbocycles. The van der Waals surface area contributed by atoms with Crippen molar-refractivity contribution in [3.05, 3.63) is 0 Å². The van der Waals surface area contributed by atoms with Gasteiger partial charge in [0.2, 0.25) is 0 Å². The van der Waals surface area contributed by atoms with Crippen LogP contribution in [-0.4, -0.2) is 63.9 Å². The minimum Gasteiger partial charge on any atom is -0.465 e. The van der Waals surface area contributed by atoms with Crippen LogP contribution in [0.3, 0.4) is 0 Å². The maximum Gasteiger partial charge on any atom is 0.324 e. The predicted octanol–water partition coefficient (Wildman–Crippen LogP) is 0.496. The van der Waals surface area contributed by atoms with Gasteiger partial charge in [0.25, 0.3) is 0 Å². The van der Waals surface area contributed by atoms with E-state index in [9.17, 15) is 4.79 Å². The lowest BCUT2D eigenvalue weighted by Gasteiger charge is -2.23. The Bertz CT molecular complexity index is 200. The van der Waals surface area contributed by atoms with Crippen molar-refractivity contribution in [1.82, 2.24) is 10.2 Å². The Morgan fingerprint density at radius 2 is 2.12 bits per heavy atom. The minimum atomic E-state index is -0.243. The first-order chi connectivity index (χ1) is 8.15. The molecule has 0 saturated carbocycles. The van der Waals surface area contributed by atoms with Gasteiger partial charge in [0.05, 0.1) is 6.61 Å². The SMILES string of the molecule is CCNC(CN(C)CCCOC)C(=O)OCC. The first-order valence-electron chi connectivity index (χ1n) is 6.23. The van der Waals surface area contributed by atoms with Crippen LogP contribution in [0.25, 0.3) is 0 Å². The second-order valence-electron chi connectivity index (χ2n) is 3.97. The standard InChI is InChI=1S/C12H26N2O3/c1-5-13-11(12(15)17-6-2)10-14(3)8-7-9-16-4/h11,13H,5-10H2,1-4H3. The highest BCUT2D eigenvalue weighted by atomic mass is 16.5. The number of likely N-dealkylation sites (N-methyl/N-ethyl adjacent to an activating group) is 2. The molecule has 0 aliphatic heterocycles. The number of carbonyl (C=O) groups is 1. The monoisotopic (exact) mass is 246 g/mol. The Labute approximate surface area is 104 Å². The lowest BCUT2D eigenvalue weighted by Crippen LogP contribution is -2.46. The number of hydrogen-bond acceptors (Lipinski definition) is 5. The summed E-state index contributed by atoms with van der Waals surface area (Å²) in [7, 11) is 3.69. The van der Waals surface area contributed by atoms with Gasteiger partial charge < -0.3 is 19.7 Å². The third-order valence-electron chi connectivity index (χ3n) is 2.40. The highest BCUT2D eigenvalue weighted by Crippen LogP contribution is 1.95. The molecular weight excluding hydrogens is 220 g/mol. The average molecular weight is 246 g/mol. The van der Waals surface area contributed by atoms with Gasteiger partial charge in [0, 0.05) is 26.8 Å². The van der Waals surface area contributed by atoms with Crippen LogP contribution in [0.2, 0.25) is 0 Å². The maximum absolute atomic E-state index is 11.7. The Hall–Kier alpha value is -0.650. The van der Waals surface area contributed by atoms with Gasteiger partial charge in [0.15, 0.2) is 0 Å². The van der Waals surface area contributed by atoms with Gasteiger partial charge >= 0.3 is 5.97 Å². The van der Waals surface area contributed by atoms with E-state index in [2.05, 4.69) is 10.2 Å². The molecule has 0 aromatic carbocycles. The fraction of sp³-hybridized carbons (Fsp3) is 0.917. The van der Waals surface area contributed by atoms with Crippen LogP contribution in [0.15, 0.2) is 0 Å². The Kier molecular flexibility index (Phi) is 10.1. The van der Waals surface area contributed by atoms with Crippen LogP contribution < -0.4 is 5.32 Å². The van der Waals surface area contributed by atoms with Gasteiger partial charge in [0.1, 0.15) is 6.04 Å². The first-order valence-corrected chi connectivity index (χ1v) is 6.23. The third kappa shape index (κ3) is 8.12. The number of nitrogens with zero attached hydrogens (tertiary/aromatic N) is 1. The summed E-state index contributed by atoms with van der Waals surface area (Å²) in [6.45, 7) is 7.31. The second-order valence-corrected chi connectivity index (χ2v) is 3.97. The Morgan fingerprint density at radius 1 is 1.41 bits per heavy atom. The summed E-state index contributed by atoms with van der Waals surface area (Å²) in [5, 5.41) is 3.14. The van der Waals surface area contributed by atoms with E-state index in [4.69, 9.17) is 9.47 Å². The smallest absolute Gasteiger partial charge is 0.324 e. The van der Waals surface area contributed by atoms with Crippen LogP contribution in [0.5, 0.6) is 0 Å². The maximum atomic E-state index is 11.7. The largest absolute Gasteiger partial charge is 0.465 e. The lowest BCUT2D eigenvalue weighted by molar-refractivity contribution is -0.146. The van der Waals surface area contributed by atoms with Crippen molar-refractivity contribution in [2.45, 2.75) is 26.3 Å². The van der Waals surface area contributed by atoms with E-state index in [-0.39, 0.29) is 12.0 Å². The van der Waals surface area contributed by atoms with Gasteiger partial charge in [-0.15, -0.1) is 0 Å². The molecule has 1 unspecified atom stereocenters. The molecule has 0 amide bonds. The Morgan fingerprint density at radius 3 is 2.65 bits per heavy atom. The number of nitrogens with one attached hydrogen (secondary N) is 1.